The molecule has 0 aromatic heterocycles. The van der Waals surface area contributed by atoms with Gasteiger partial charge in [-0.2, -0.15) is 5.26 Å². The zero-order valence-corrected chi connectivity index (χ0v) is 19.7. The summed E-state index contributed by atoms with van der Waals surface area (Å²) in [5, 5.41) is 21.2. The van der Waals surface area contributed by atoms with E-state index in [4.69, 9.17) is 0 Å². The monoisotopic (exact) mass is 553 g/mol. The van der Waals surface area contributed by atoms with E-state index in [1.54, 1.807) is 30.3 Å². The third-order valence-corrected chi connectivity index (χ3v) is 7.93. The molecule has 0 spiro atoms. The molecule has 0 N–H and O–H groups in total. The zero-order chi connectivity index (χ0) is 21.9. The molecule has 3 rings (SSSR count). The van der Waals surface area contributed by atoms with Crippen molar-refractivity contribution in [3.8, 4) is 6.07 Å². The van der Waals surface area contributed by atoms with Gasteiger partial charge in [-0.05, 0) is 71.1 Å². The van der Waals surface area contributed by atoms with Gasteiger partial charge in [0.15, 0.2) is 0 Å². The van der Waals surface area contributed by atoms with E-state index in [0.29, 0.717) is 14.6 Å². The molecule has 0 bridgehead atoms. The number of hydrogen-bond donors (Lipinski definition) is 0. The molecule has 0 saturated carbocycles. The molecule has 0 aliphatic carbocycles. The van der Waals surface area contributed by atoms with Gasteiger partial charge >= 0.3 is 0 Å². The van der Waals surface area contributed by atoms with Gasteiger partial charge in [0.05, 0.1) is 9.82 Å². The Balaban J connectivity index is 2.05. The molecule has 0 unspecified atom stereocenters. The molecule has 10 heteroatoms. The van der Waals surface area contributed by atoms with Crippen LogP contribution in [0.5, 0.6) is 0 Å². The SMILES string of the molecule is N#CC(=Cc1ccc(N2CCCCC2)c([N+](=O)[O-])c1)S(=O)(=O)c1cc(Br)ccc1Br. The van der Waals surface area contributed by atoms with Crippen LogP contribution in [0.4, 0.5) is 11.4 Å². The number of rotatable bonds is 5. The fourth-order valence-corrected chi connectivity index (χ4v) is 5.96. The first-order valence-electron chi connectivity index (χ1n) is 9.09. The summed E-state index contributed by atoms with van der Waals surface area (Å²) < 4.78 is 26.8. The Hall–Kier alpha value is -2.22. The lowest BCUT2D eigenvalue weighted by Crippen LogP contribution is -2.29. The van der Waals surface area contributed by atoms with E-state index in [0.717, 1.165) is 38.4 Å². The molecule has 2 aromatic carbocycles. The van der Waals surface area contributed by atoms with Gasteiger partial charge in [-0.15, -0.1) is 0 Å². The number of benzene rings is 2. The highest BCUT2D eigenvalue weighted by Gasteiger charge is 2.25. The third kappa shape index (κ3) is 4.74. The molecule has 0 amide bonds. The predicted molar refractivity (Wildman–Crippen MR) is 122 cm³/mol. The summed E-state index contributed by atoms with van der Waals surface area (Å²) >= 11 is 6.43. The molecule has 2 aromatic rings. The summed E-state index contributed by atoms with van der Waals surface area (Å²) in [7, 11) is -4.12. The summed E-state index contributed by atoms with van der Waals surface area (Å²) in [6, 6.07) is 10.9. The molecule has 0 radical (unpaired) electrons. The van der Waals surface area contributed by atoms with Crippen LogP contribution in [0.15, 0.2) is 55.1 Å². The summed E-state index contributed by atoms with van der Waals surface area (Å²) in [6.07, 6.45) is 4.20. The maximum atomic E-state index is 13.0. The maximum Gasteiger partial charge on any atom is 0.293 e. The molecule has 1 saturated heterocycles. The van der Waals surface area contributed by atoms with E-state index in [-0.39, 0.29) is 16.1 Å². The Kier molecular flexibility index (Phi) is 6.95. The largest absolute Gasteiger partial charge is 0.366 e. The number of anilines is 1. The molecule has 1 heterocycles. The molecular formula is C20H17Br2N3O4S. The van der Waals surface area contributed by atoms with E-state index < -0.39 is 19.7 Å². The van der Waals surface area contributed by atoms with Gasteiger partial charge in [0.25, 0.3) is 5.69 Å². The number of sulfone groups is 1. The lowest BCUT2D eigenvalue weighted by Gasteiger charge is -2.28. The van der Waals surface area contributed by atoms with Gasteiger partial charge in [0.2, 0.25) is 9.84 Å². The Bertz CT molecular complexity index is 1170. The molecule has 30 heavy (non-hydrogen) atoms. The van der Waals surface area contributed by atoms with E-state index in [2.05, 4.69) is 31.9 Å². The predicted octanol–water partition coefficient (Wildman–Crippen LogP) is 5.45. The van der Waals surface area contributed by atoms with E-state index in [9.17, 15) is 23.8 Å². The minimum absolute atomic E-state index is 0.0656. The first kappa shape index (κ1) is 22.5. The highest BCUT2D eigenvalue weighted by molar-refractivity contribution is 9.11. The van der Waals surface area contributed by atoms with Crippen LogP contribution in [0.25, 0.3) is 6.08 Å². The van der Waals surface area contributed by atoms with E-state index in [1.165, 1.54) is 12.1 Å². The summed E-state index contributed by atoms with van der Waals surface area (Å²) in [6.45, 7) is 1.48. The zero-order valence-electron chi connectivity index (χ0n) is 15.7. The van der Waals surface area contributed by atoms with E-state index >= 15 is 0 Å². The van der Waals surface area contributed by atoms with Gasteiger partial charge in [0.1, 0.15) is 16.7 Å². The molecule has 1 aliphatic heterocycles. The minimum Gasteiger partial charge on any atom is -0.366 e. The Morgan fingerprint density at radius 1 is 1.13 bits per heavy atom. The van der Waals surface area contributed by atoms with Crippen LogP contribution in [0, 0.1) is 21.4 Å². The van der Waals surface area contributed by atoms with Crippen molar-refractivity contribution in [1.82, 2.24) is 0 Å². The molecule has 156 valence electrons. The summed E-state index contributed by atoms with van der Waals surface area (Å²) in [5.41, 5.74) is 0.672. The van der Waals surface area contributed by atoms with Crippen molar-refractivity contribution < 1.29 is 13.3 Å². The van der Waals surface area contributed by atoms with Crippen molar-refractivity contribution >= 4 is 59.1 Å². The molecule has 1 fully saturated rings. The summed E-state index contributed by atoms with van der Waals surface area (Å²) in [4.78, 5) is 12.6. The fraction of sp³-hybridized carbons (Fsp3) is 0.250. The fourth-order valence-electron chi connectivity index (χ4n) is 3.30. The standard InChI is InChI=1S/C20H17Br2N3O4S/c21-15-5-6-17(22)20(12-15)30(28,29)16(13-23)10-14-4-7-18(19(11-14)25(26)27)24-8-2-1-3-9-24/h4-7,10-12H,1-3,8-9H2. The number of nitriles is 1. The van der Waals surface area contributed by atoms with Crippen LogP contribution in [0.1, 0.15) is 24.8 Å². The average Bonchev–Trinajstić information content (AvgIpc) is 2.74. The van der Waals surface area contributed by atoms with Crippen LogP contribution in [0.3, 0.4) is 0 Å². The number of nitro benzene ring substituents is 1. The number of piperidine rings is 1. The first-order chi connectivity index (χ1) is 14.2. The number of nitro groups is 1. The Labute approximate surface area is 191 Å². The quantitative estimate of drug-likeness (QED) is 0.276. The van der Waals surface area contributed by atoms with Crippen molar-refractivity contribution in [2.45, 2.75) is 24.2 Å². The van der Waals surface area contributed by atoms with Crippen molar-refractivity contribution in [2.24, 2.45) is 0 Å². The average molecular weight is 555 g/mol. The van der Waals surface area contributed by atoms with Gasteiger partial charge < -0.3 is 4.90 Å². The Morgan fingerprint density at radius 3 is 2.47 bits per heavy atom. The first-order valence-corrected chi connectivity index (χ1v) is 12.2. The van der Waals surface area contributed by atoms with Crippen molar-refractivity contribution in [1.29, 1.82) is 5.26 Å². The lowest BCUT2D eigenvalue weighted by molar-refractivity contribution is -0.384. The lowest BCUT2D eigenvalue weighted by atomic mass is 10.1. The number of nitrogens with zero attached hydrogens (tertiary/aromatic N) is 3. The molecule has 7 nitrogen and oxygen atoms in total. The Morgan fingerprint density at radius 2 is 1.83 bits per heavy atom. The maximum absolute atomic E-state index is 13.0. The van der Waals surface area contributed by atoms with Crippen LogP contribution in [-0.2, 0) is 9.84 Å². The van der Waals surface area contributed by atoms with Gasteiger partial charge in [-0.3, -0.25) is 10.1 Å². The van der Waals surface area contributed by atoms with Crippen molar-refractivity contribution in [3.63, 3.8) is 0 Å². The number of allylic oxidation sites excluding steroid dienone is 1. The highest BCUT2D eigenvalue weighted by atomic mass is 79.9. The van der Waals surface area contributed by atoms with Crippen LogP contribution >= 0.6 is 31.9 Å². The second-order valence-corrected chi connectivity index (χ2v) is 10.4. The smallest absolute Gasteiger partial charge is 0.293 e. The van der Waals surface area contributed by atoms with Crippen LogP contribution in [0.2, 0.25) is 0 Å². The molecule has 0 atom stereocenters. The van der Waals surface area contributed by atoms with Gasteiger partial charge in [-0.1, -0.05) is 22.0 Å². The minimum atomic E-state index is -4.12. The molecular weight excluding hydrogens is 538 g/mol. The van der Waals surface area contributed by atoms with E-state index in [1.807, 2.05) is 4.90 Å². The molecule has 1 aliphatic rings. The number of hydrogen-bond acceptors (Lipinski definition) is 6. The number of halogens is 2. The van der Waals surface area contributed by atoms with Crippen molar-refractivity contribution in [2.75, 3.05) is 18.0 Å². The summed E-state index contributed by atoms with van der Waals surface area (Å²) in [5.74, 6) is 0. The van der Waals surface area contributed by atoms with Crippen LogP contribution in [-0.4, -0.2) is 26.4 Å². The normalized spacial score (nSPS) is 15.0. The van der Waals surface area contributed by atoms with Crippen LogP contribution < -0.4 is 4.90 Å². The second kappa shape index (κ2) is 9.29. The van der Waals surface area contributed by atoms with Crippen molar-refractivity contribution in [3.05, 3.63) is 65.9 Å². The van der Waals surface area contributed by atoms with Gasteiger partial charge in [0, 0.05) is 28.1 Å². The third-order valence-electron chi connectivity index (χ3n) is 4.77. The van der Waals surface area contributed by atoms with Gasteiger partial charge in [-0.25, -0.2) is 8.42 Å². The highest BCUT2D eigenvalue weighted by Crippen LogP contribution is 2.34. The second-order valence-electron chi connectivity index (χ2n) is 6.75. The topological polar surface area (TPSA) is 104 Å².